The molecule has 0 unspecified atom stereocenters. The maximum atomic E-state index is 11.0. The van der Waals surface area contributed by atoms with Crippen LogP contribution >= 0.6 is 11.3 Å². The Hall–Kier alpha value is -2.89. The minimum Gasteiger partial charge on any atom is -0.494 e. The standard InChI is InChI=1S/C25H27NO3S/c1-4-29-22-7-5-6-21(14-22)19-8-10-20(11-9-19)23(24-17-30-16-18(24)2)12-13-26(3)15-25(27)28/h5-12,14,16-17H,4,13,15H2,1-3H3,(H,27,28)/b23-12-. The number of likely N-dealkylation sites (N-methyl/N-ethyl adjacent to an activating group) is 1. The van der Waals surface area contributed by atoms with Crippen LogP contribution in [-0.4, -0.2) is 42.7 Å². The molecule has 30 heavy (non-hydrogen) atoms. The SMILES string of the molecule is CCOc1cccc(-c2ccc(/C(=C/CN(C)CC(=O)O)c3cscc3C)cc2)c1. The zero-order valence-electron chi connectivity index (χ0n) is 17.6. The van der Waals surface area contributed by atoms with Crippen molar-refractivity contribution in [3.8, 4) is 16.9 Å². The topological polar surface area (TPSA) is 49.8 Å². The lowest BCUT2D eigenvalue weighted by atomic mass is 9.95. The summed E-state index contributed by atoms with van der Waals surface area (Å²) in [5.74, 6) is 0.0489. The van der Waals surface area contributed by atoms with Crippen LogP contribution in [0, 0.1) is 6.92 Å². The second-order valence-electron chi connectivity index (χ2n) is 7.21. The van der Waals surface area contributed by atoms with Crippen LogP contribution < -0.4 is 4.74 Å². The molecule has 0 atom stereocenters. The molecule has 0 aliphatic heterocycles. The summed E-state index contributed by atoms with van der Waals surface area (Å²) in [7, 11) is 1.82. The summed E-state index contributed by atoms with van der Waals surface area (Å²) in [6.07, 6.45) is 2.11. The Morgan fingerprint density at radius 3 is 2.53 bits per heavy atom. The summed E-state index contributed by atoms with van der Waals surface area (Å²) >= 11 is 1.68. The Labute approximate surface area is 182 Å². The summed E-state index contributed by atoms with van der Waals surface area (Å²) in [5.41, 5.74) is 6.90. The highest BCUT2D eigenvalue weighted by Gasteiger charge is 2.11. The number of carboxylic acids is 1. The van der Waals surface area contributed by atoms with Gasteiger partial charge in [-0.3, -0.25) is 9.69 Å². The number of aryl methyl sites for hydroxylation is 1. The maximum absolute atomic E-state index is 11.0. The number of hydrogen-bond donors (Lipinski definition) is 1. The monoisotopic (exact) mass is 421 g/mol. The van der Waals surface area contributed by atoms with Crippen molar-refractivity contribution < 1.29 is 14.6 Å². The zero-order valence-corrected chi connectivity index (χ0v) is 18.4. The molecule has 1 N–H and O–H groups in total. The minimum absolute atomic E-state index is 0.0154. The van der Waals surface area contributed by atoms with Crippen molar-refractivity contribution in [1.29, 1.82) is 0 Å². The molecule has 0 saturated heterocycles. The number of ether oxygens (including phenoxy) is 1. The molecule has 3 rings (SSSR count). The van der Waals surface area contributed by atoms with Crippen molar-refractivity contribution in [3.05, 3.63) is 82.1 Å². The molecule has 0 aliphatic rings. The second kappa shape index (κ2) is 10.2. The molecule has 0 spiro atoms. The van der Waals surface area contributed by atoms with Gasteiger partial charge in [0.2, 0.25) is 0 Å². The van der Waals surface area contributed by atoms with Gasteiger partial charge in [0.1, 0.15) is 5.75 Å². The first kappa shape index (κ1) is 21.8. The van der Waals surface area contributed by atoms with E-state index in [1.165, 1.54) is 11.1 Å². The average Bonchev–Trinajstić information content (AvgIpc) is 3.14. The van der Waals surface area contributed by atoms with E-state index in [1.54, 1.807) is 16.2 Å². The number of hydrogen-bond acceptors (Lipinski definition) is 4. The van der Waals surface area contributed by atoms with Gasteiger partial charge in [-0.1, -0.05) is 42.5 Å². The molecule has 0 radical (unpaired) electrons. The van der Waals surface area contributed by atoms with Gasteiger partial charge in [-0.15, -0.1) is 0 Å². The fourth-order valence-corrected chi connectivity index (χ4v) is 4.18. The van der Waals surface area contributed by atoms with Gasteiger partial charge >= 0.3 is 5.97 Å². The quantitative estimate of drug-likeness (QED) is 0.491. The van der Waals surface area contributed by atoms with E-state index < -0.39 is 5.97 Å². The van der Waals surface area contributed by atoms with E-state index >= 15 is 0 Å². The van der Waals surface area contributed by atoms with Crippen molar-refractivity contribution in [2.75, 3.05) is 26.7 Å². The van der Waals surface area contributed by atoms with Gasteiger partial charge in [-0.05, 0) is 77.2 Å². The smallest absolute Gasteiger partial charge is 0.317 e. The molecular weight excluding hydrogens is 394 g/mol. The third-order valence-electron chi connectivity index (χ3n) is 4.83. The van der Waals surface area contributed by atoms with Gasteiger partial charge in [0.05, 0.1) is 13.2 Å². The van der Waals surface area contributed by atoms with Gasteiger partial charge in [0.25, 0.3) is 0 Å². The van der Waals surface area contributed by atoms with E-state index in [0.717, 1.165) is 28.0 Å². The van der Waals surface area contributed by atoms with E-state index in [-0.39, 0.29) is 6.54 Å². The van der Waals surface area contributed by atoms with Gasteiger partial charge in [0, 0.05) is 6.54 Å². The van der Waals surface area contributed by atoms with Crippen LogP contribution in [0.2, 0.25) is 0 Å². The summed E-state index contributed by atoms with van der Waals surface area (Å²) in [6, 6.07) is 16.6. The Balaban J connectivity index is 1.90. The predicted molar refractivity (Wildman–Crippen MR) is 124 cm³/mol. The molecule has 4 nitrogen and oxygen atoms in total. The highest BCUT2D eigenvalue weighted by molar-refractivity contribution is 7.08. The van der Waals surface area contributed by atoms with Gasteiger partial charge in [-0.25, -0.2) is 0 Å². The van der Waals surface area contributed by atoms with Crippen molar-refractivity contribution >= 4 is 22.9 Å². The lowest BCUT2D eigenvalue weighted by Crippen LogP contribution is -2.25. The van der Waals surface area contributed by atoms with E-state index in [9.17, 15) is 4.79 Å². The highest BCUT2D eigenvalue weighted by atomic mass is 32.1. The third kappa shape index (κ3) is 5.59. The lowest BCUT2D eigenvalue weighted by molar-refractivity contribution is -0.137. The molecule has 0 aliphatic carbocycles. The van der Waals surface area contributed by atoms with Crippen molar-refractivity contribution in [2.45, 2.75) is 13.8 Å². The average molecular weight is 422 g/mol. The molecule has 2 aromatic carbocycles. The minimum atomic E-state index is -0.821. The van der Waals surface area contributed by atoms with Crippen molar-refractivity contribution in [2.24, 2.45) is 0 Å². The molecule has 0 saturated carbocycles. The van der Waals surface area contributed by atoms with Crippen LogP contribution in [0.15, 0.2) is 65.4 Å². The summed E-state index contributed by atoms with van der Waals surface area (Å²) in [6.45, 7) is 5.31. The first-order valence-electron chi connectivity index (χ1n) is 9.95. The molecule has 5 heteroatoms. The van der Waals surface area contributed by atoms with E-state index in [1.807, 2.05) is 26.1 Å². The molecule has 0 bridgehead atoms. The Bertz CT molecular complexity index is 1020. The molecule has 0 fully saturated rings. The van der Waals surface area contributed by atoms with Gasteiger partial charge < -0.3 is 9.84 Å². The second-order valence-corrected chi connectivity index (χ2v) is 7.96. The summed E-state index contributed by atoms with van der Waals surface area (Å²) < 4.78 is 5.62. The van der Waals surface area contributed by atoms with Crippen LogP contribution in [0.25, 0.3) is 16.7 Å². The van der Waals surface area contributed by atoms with E-state index in [4.69, 9.17) is 9.84 Å². The first-order valence-corrected chi connectivity index (χ1v) is 10.9. The fourth-order valence-electron chi connectivity index (χ4n) is 3.34. The first-order chi connectivity index (χ1) is 14.5. The maximum Gasteiger partial charge on any atom is 0.317 e. The van der Waals surface area contributed by atoms with Crippen molar-refractivity contribution in [3.63, 3.8) is 0 Å². The van der Waals surface area contributed by atoms with Crippen LogP contribution in [0.4, 0.5) is 0 Å². The summed E-state index contributed by atoms with van der Waals surface area (Å²) in [5, 5.41) is 13.3. The predicted octanol–water partition coefficient (Wildman–Crippen LogP) is 5.57. The van der Waals surface area contributed by atoms with E-state index in [2.05, 4.69) is 60.2 Å². The number of carbonyl (C=O) groups is 1. The normalized spacial score (nSPS) is 11.7. The molecule has 0 amide bonds. The van der Waals surface area contributed by atoms with Crippen LogP contribution in [0.1, 0.15) is 23.6 Å². The molecular formula is C25H27NO3S. The number of carboxylic acid groups (broad SMARTS) is 1. The Morgan fingerprint density at radius 1 is 1.13 bits per heavy atom. The number of nitrogens with zero attached hydrogens (tertiary/aromatic N) is 1. The van der Waals surface area contributed by atoms with E-state index in [0.29, 0.717) is 13.2 Å². The number of aliphatic carboxylic acids is 1. The number of thiophene rings is 1. The van der Waals surface area contributed by atoms with Crippen LogP contribution in [0.5, 0.6) is 5.75 Å². The zero-order chi connectivity index (χ0) is 21.5. The lowest BCUT2D eigenvalue weighted by Gasteiger charge is -2.14. The molecule has 156 valence electrons. The molecule has 1 heterocycles. The van der Waals surface area contributed by atoms with Gasteiger partial charge in [-0.2, -0.15) is 11.3 Å². The largest absolute Gasteiger partial charge is 0.494 e. The highest BCUT2D eigenvalue weighted by Crippen LogP contribution is 2.31. The third-order valence-corrected chi connectivity index (χ3v) is 5.69. The van der Waals surface area contributed by atoms with Crippen LogP contribution in [-0.2, 0) is 4.79 Å². The van der Waals surface area contributed by atoms with Crippen LogP contribution in [0.3, 0.4) is 0 Å². The number of benzene rings is 2. The van der Waals surface area contributed by atoms with Crippen molar-refractivity contribution in [1.82, 2.24) is 4.90 Å². The van der Waals surface area contributed by atoms with Gasteiger partial charge in [0.15, 0.2) is 0 Å². The molecule has 1 aromatic heterocycles. The Kier molecular flexibility index (Phi) is 7.44. The fraction of sp³-hybridized carbons (Fsp3) is 0.240. The molecule has 3 aromatic rings. The Morgan fingerprint density at radius 2 is 1.90 bits per heavy atom. The number of rotatable bonds is 9. The summed E-state index contributed by atoms with van der Waals surface area (Å²) in [4.78, 5) is 12.8.